The molecule has 0 aromatic heterocycles. The van der Waals surface area contributed by atoms with Crippen molar-refractivity contribution in [3.8, 4) is 0 Å². The fourth-order valence-electron chi connectivity index (χ4n) is 1.62. The average Bonchev–Trinajstić information content (AvgIpc) is 2.63. The zero-order valence-electron chi connectivity index (χ0n) is 9.19. The number of amidine groups is 1. The van der Waals surface area contributed by atoms with Crippen LogP contribution in [0.3, 0.4) is 0 Å². The van der Waals surface area contributed by atoms with E-state index in [0.717, 1.165) is 25.2 Å². The average molecular weight is 232 g/mol. The maximum Gasteiger partial charge on any atom is 0.139 e. The number of oxime groups is 1. The van der Waals surface area contributed by atoms with E-state index >= 15 is 0 Å². The van der Waals surface area contributed by atoms with Crippen LogP contribution in [0.1, 0.15) is 32.6 Å². The maximum absolute atomic E-state index is 8.34. The Bertz CT molecular complexity index is 212. The Morgan fingerprint density at radius 2 is 2.40 bits per heavy atom. The van der Waals surface area contributed by atoms with E-state index < -0.39 is 0 Å². The topological polar surface area (TPSA) is 67.8 Å². The molecule has 0 spiro atoms. The van der Waals surface area contributed by atoms with Crippen LogP contribution in [0, 0.1) is 0 Å². The molecule has 0 saturated carbocycles. The summed E-state index contributed by atoms with van der Waals surface area (Å²) < 4.78 is 5.49. The lowest BCUT2D eigenvalue weighted by Crippen LogP contribution is -2.14. The van der Waals surface area contributed by atoms with Gasteiger partial charge in [-0.05, 0) is 31.9 Å². The van der Waals surface area contributed by atoms with Crippen molar-refractivity contribution in [1.29, 1.82) is 0 Å². The molecule has 88 valence electrons. The van der Waals surface area contributed by atoms with Gasteiger partial charge in [0, 0.05) is 18.3 Å². The Hall–Kier alpha value is -0.420. The van der Waals surface area contributed by atoms with Gasteiger partial charge in [-0.25, -0.2) is 0 Å². The minimum absolute atomic E-state index is 0.331. The molecule has 1 fully saturated rings. The molecule has 0 aromatic rings. The van der Waals surface area contributed by atoms with Gasteiger partial charge >= 0.3 is 0 Å². The third-order valence-corrected chi connectivity index (χ3v) is 4.17. The highest BCUT2D eigenvalue weighted by Crippen LogP contribution is 2.26. The Morgan fingerprint density at radius 1 is 1.60 bits per heavy atom. The van der Waals surface area contributed by atoms with Gasteiger partial charge in [-0.2, -0.15) is 11.8 Å². The predicted octanol–water partition coefficient (Wildman–Crippen LogP) is 1.81. The van der Waals surface area contributed by atoms with Crippen LogP contribution in [-0.2, 0) is 4.74 Å². The molecule has 3 N–H and O–H groups in total. The van der Waals surface area contributed by atoms with Crippen LogP contribution < -0.4 is 5.73 Å². The lowest BCUT2D eigenvalue weighted by molar-refractivity contribution is 0.127. The zero-order valence-corrected chi connectivity index (χ0v) is 10.0. The van der Waals surface area contributed by atoms with Crippen molar-refractivity contribution >= 4 is 17.6 Å². The lowest BCUT2D eigenvalue weighted by Gasteiger charge is -2.12. The SMILES string of the molecule is CC1OCCC1SCCCCC(N)=NO. The van der Waals surface area contributed by atoms with Crippen LogP contribution in [-0.4, -0.2) is 34.8 Å². The summed E-state index contributed by atoms with van der Waals surface area (Å²) in [5.74, 6) is 1.47. The first kappa shape index (κ1) is 12.6. The quantitative estimate of drug-likeness (QED) is 0.241. The van der Waals surface area contributed by atoms with E-state index in [0.29, 0.717) is 23.6 Å². The first-order valence-electron chi connectivity index (χ1n) is 5.43. The van der Waals surface area contributed by atoms with Gasteiger partial charge in [0.2, 0.25) is 0 Å². The summed E-state index contributed by atoms with van der Waals surface area (Å²) in [5, 5.41) is 11.9. The molecule has 1 heterocycles. The van der Waals surface area contributed by atoms with Gasteiger partial charge in [0.1, 0.15) is 5.84 Å². The van der Waals surface area contributed by atoms with Gasteiger partial charge in [0.05, 0.1) is 6.10 Å². The second-order valence-corrected chi connectivity index (χ2v) is 5.17. The van der Waals surface area contributed by atoms with Crippen LogP contribution in [0.15, 0.2) is 5.16 Å². The van der Waals surface area contributed by atoms with E-state index in [1.54, 1.807) is 0 Å². The molecule has 0 aromatic carbocycles. The smallest absolute Gasteiger partial charge is 0.139 e. The third kappa shape index (κ3) is 4.75. The number of rotatable bonds is 6. The Labute approximate surface area is 95.2 Å². The van der Waals surface area contributed by atoms with Crippen molar-refractivity contribution in [2.24, 2.45) is 10.9 Å². The van der Waals surface area contributed by atoms with Crippen molar-refractivity contribution in [3.05, 3.63) is 0 Å². The van der Waals surface area contributed by atoms with Crippen LogP contribution in [0.25, 0.3) is 0 Å². The summed E-state index contributed by atoms with van der Waals surface area (Å²) >= 11 is 1.98. The standard InChI is InChI=1S/C10H20N2O2S/c1-8-9(5-6-14-8)15-7-3-2-4-10(11)12-13/h8-9,13H,2-7H2,1H3,(H2,11,12). The molecule has 0 aliphatic carbocycles. The third-order valence-electron chi connectivity index (χ3n) is 2.59. The van der Waals surface area contributed by atoms with Gasteiger partial charge < -0.3 is 15.7 Å². The molecular weight excluding hydrogens is 212 g/mol. The van der Waals surface area contributed by atoms with E-state index in [1.165, 1.54) is 6.42 Å². The predicted molar refractivity (Wildman–Crippen MR) is 63.5 cm³/mol. The summed E-state index contributed by atoms with van der Waals surface area (Å²) in [6, 6.07) is 0. The van der Waals surface area contributed by atoms with Gasteiger partial charge in [0.25, 0.3) is 0 Å². The lowest BCUT2D eigenvalue weighted by atomic mass is 10.2. The Balaban J connectivity index is 1.97. The van der Waals surface area contributed by atoms with Crippen molar-refractivity contribution in [1.82, 2.24) is 0 Å². The van der Waals surface area contributed by atoms with Crippen LogP contribution in [0.4, 0.5) is 0 Å². The molecule has 0 amide bonds. The highest BCUT2D eigenvalue weighted by Gasteiger charge is 2.23. The molecule has 2 atom stereocenters. The van der Waals surface area contributed by atoms with E-state index in [-0.39, 0.29) is 0 Å². The normalized spacial score (nSPS) is 27.1. The highest BCUT2D eigenvalue weighted by atomic mass is 32.2. The number of unbranched alkanes of at least 4 members (excludes halogenated alkanes) is 1. The van der Waals surface area contributed by atoms with Gasteiger partial charge in [-0.15, -0.1) is 0 Å². The number of thioether (sulfide) groups is 1. The molecule has 2 unspecified atom stereocenters. The first-order chi connectivity index (χ1) is 7.24. The minimum atomic E-state index is 0.331. The van der Waals surface area contributed by atoms with Gasteiger partial charge in [-0.1, -0.05) is 5.16 Å². The van der Waals surface area contributed by atoms with Crippen molar-refractivity contribution in [2.45, 2.75) is 44.0 Å². The number of nitrogens with two attached hydrogens (primary N) is 1. The molecule has 1 saturated heterocycles. The number of ether oxygens (including phenoxy) is 1. The van der Waals surface area contributed by atoms with Crippen molar-refractivity contribution in [2.75, 3.05) is 12.4 Å². The Morgan fingerprint density at radius 3 is 3.00 bits per heavy atom. The van der Waals surface area contributed by atoms with E-state index in [1.807, 2.05) is 11.8 Å². The van der Waals surface area contributed by atoms with E-state index in [4.69, 9.17) is 15.7 Å². The van der Waals surface area contributed by atoms with Crippen molar-refractivity contribution < 1.29 is 9.94 Å². The van der Waals surface area contributed by atoms with Crippen LogP contribution in [0.2, 0.25) is 0 Å². The van der Waals surface area contributed by atoms with Gasteiger partial charge in [-0.3, -0.25) is 0 Å². The summed E-state index contributed by atoms with van der Waals surface area (Å²) in [7, 11) is 0. The summed E-state index contributed by atoms with van der Waals surface area (Å²) in [6.45, 7) is 3.05. The molecular formula is C10H20N2O2S. The summed E-state index contributed by atoms with van der Waals surface area (Å²) in [5.41, 5.74) is 5.37. The molecule has 15 heavy (non-hydrogen) atoms. The van der Waals surface area contributed by atoms with Crippen LogP contribution in [0.5, 0.6) is 0 Å². The molecule has 1 aliphatic rings. The molecule has 0 bridgehead atoms. The summed E-state index contributed by atoms with van der Waals surface area (Å²) in [6.07, 6.45) is 4.37. The van der Waals surface area contributed by atoms with Crippen LogP contribution >= 0.6 is 11.8 Å². The fourth-order valence-corrected chi connectivity index (χ4v) is 2.91. The van der Waals surface area contributed by atoms with Gasteiger partial charge in [0.15, 0.2) is 0 Å². The number of hydrogen-bond acceptors (Lipinski definition) is 4. The molecule has 1 rings (SSSR count). The number of nitrogens with zero attached hydrogens (tertiary/aromatic N) is 1. The minimum Gasteiger partial charge on any atom is -0.409 e. The van der Waals surface area contributed by atoms with E-state index in [9.17, 15) is 0 Å². The summed E-state index contributed by atoms with van der Waals surface area (Å²) in [4.78, 5) is 0. The largest absolute Gasteiger partial charge is 0.409 e. The monoisotopic (exact) mass is 232 g/mol. The second-order valence-electron chi connectivity index (χ2n) is 3.82. The Kier molecular flexibility index (Phi) is 5.86. The molecule has 1 aliphatic heterocycles. The molecule has 0 radical (unpaired) electrons. The molecule has 4 nitrogen and oxygen atoms in total. The van der Waals surface area contributed by atoms with Crippen molar-refractivity contribution in [3.63, 3.8) is 0 Å². The highest BCUT2D eigenvalue weighted by molar-refractivity contribution is 7.99. The maximum atomic E-state index is 8.34. The number of hydrogen-bond donors (Lipinski definition) is 2. The zero-order chi connectivity index (χ0) is 11.1. The fraction of sp³-hybridized carbons (Fsp3) is 0.900. The second kappa shape index (κ2) is 6.95. The molecule has 5 heteroatoms. The van der Waals surface area contributed by atoms with E-state index in [2.05, 4.69) is 12.1 Å². The first-order valence-corrected chi connectivity index (χ1v) is 6.48.